The Bertz CT molecular complexity index is 376. The Balaban J connectivity index is -0.0000000590. The first kappa shape index (κ1) is 33.8. The number of hydrogen-bond donors (Lipinski definition) is 0. The van der Waals surface area contributed by atoms with Gasteiger partial charge in [0.2, 0.25) is 6.41 Å². The van der Waals surface area contributed by atoms with Crippen LogP contribution in [0.15, 0.2) is 0 Å². The molecule has 0 aromatic heterocycles. The Morgan fingerprint density at radius 2 is 1.05 bits per heavy atom. The zero-order chi connectivity index (χ0) is 16.1. The van der Waals surface area contributed by atoms with Crippen molar-refractivity contribution in [3.63, 3.8) is 0 Å². The number of hydrogen-bond acceptors (Lipinski definition) is 7. The second kappa shape index (κ2) is 19.3. The molecule has 0 spiro atoms. The maximum atomic E-state index is 9.68. The molecule has 0 aliphatic carbocycles. The van der Waals surface area contributed by atoms with Gasteiger partial charge in [-0.05, 0) is 12.8 Å². The molecule has 0 rings (SSSR count). The van der Waals surface area contributed by atoms with Crippen LogP contribution in [0.3, 0.4) is 0 Å². The molecule has 0 saturated heterocycles. The van der Waals surface area contributed by atoms with Gasteiger partial charge < -0.3 is 14.0 Å². The van der Waals surface area contributed by atoms with E-state index in [1.54, 1.807) is 27.9 Å². The Kier molecular flexibility index (Phi) is 31.1. The average Bonchev–Trinajstić information content (AvgIpc) is 2.15. The molecule has 1 amide bonds. The normalized spacial score (nSPS) is 9.43. The number of carbonyl (C=O) groups is 1. The Morgan fingerprint density at radius 3 is 1.05 bits per heavy atom. The van der Waals surface area contributed by atoms with E-state index in [-0.39, 0.29) is 70.6 Å². The zero-order valence-electron chi connectivity index (χ0n) is 13.5. The minimum absolute atomic E-state index is 0. The van der Waals surface area contributed by atoms with Crippen LogP contribution in [0.2, 0.25) is 0 Å². The molecular formula is C9H21NNa2O7S2. The summed E-state index contributed by atoms with van der Waals surface area (Å²) in [6, 6.07) is 0. The first-order valence-electron chi connectivity index (χ1n) is 5.38. The summed E-state index contributed by atoms with van der Waals surface area (Å²) in [6.07, 6.45) is 1.57. The molecule has 12 heteroatoms. The van der Waals surface area contributed by atoms with Gasteiger partial charge in [0, 0.05) is 25.6 Å². The van der Waals surface area contributed by atoms with E-state index < -0.39 is 20.2 Å². The molecule has 118 valence electrons. The summed E-state index contributed by atoms with van der Waals surface area (Å²) < 4.78 is 58.1. The van der Waals surface area contributed by atoms with Crippen LogP contribution in [0, 0.1) is 0 Å². The van der Waals surface area contributed by atoms with Crippen LogP contribution in [0.5, 0.6) is 0 Å². The molecular weight excluding hydrogens is 344 g/mol. The zero-order valence-corrected chi connectivity index (χ0v) is 19.2. The van der Waals surface area contributed by atoms with E-state index >= 15 is 0 Å². The second-order valence-corrected chi connectivity index (χ2v) is 6.64. The number of rotatable bonds is 5. The molecule has 21 heavy (non-hydrogen) atoms. The van der Waals surface area contributed by atoms with Gasteiger partial charge in [-0.2, -0.15) is 0 Å². The molecule has 0 aliphatic heterocycles. The summed E-state index contributed by atoms with van der Waals surface area (Å²) in [5, 5.41) is 0. The van der Waals surface area contributed by atoms with Gasteiger partial charge >= 0.3 is 59.1 Å². The molecule has 0 N–H and O–H groups in total. The molecule has 0 unspecified atom stereocenters. The SMILES string of the molecule is CCCS(=O)(=O)[O-].CCCS(=O)(=O)[O-].CN(C)C=O.[Na+].[Na+]. The third kappa shape index (κ3) is 62.2. The van der Waals surface area contributed by atoms with Crippen molar-refractivity contribution in [2.75, 3.05) is 25.6 Å². The van der Waals surface area contributed by atoms with Crippen LogP contribution in [-0.4, -0.2) is 62.9 Å². The number of amides is 1. The second-order valence-electron chi connectivity index (χ2n) is 3.59. The summed E-state index contributed by atoms with van der Waals surface area (Å²) in [5.74, 6) is -0.486. The van der Waals surface area contributed by atoms with Gasteiger partial charge in [0.15, 0.2) is 0 Å². The number of nitrogens with zero attached hydrogens (tertiary/aromatic N) is 1. The monoisotopic (exact) mass is 365 g/mol. The van der Waals surface area contributed by atoms with Crippen molar-refractivity contribution in [3.05, 3.63) is 0 Å². The Hall–Kier alpha value is 1.29. The predicted octanol–water partition coefficient (Wildman–Crippen LogP) is -6.40. The first-order valence-corrected chi connectivity index (χ1v) is 8.53. The Morgan fingerprint density at radius 1 is 0.857 bits per heavy atom. The quantitative estimate of drug-likeness (QED) is 0.269. The molecule has 8 nitrogen and oxygen atoms in total. The van der Waals surface area contributed by atoms with Crippen LogP contribution in [-0.2, 0) is 25.0 Å². The fourth-order valence-electron chi connectivity index (χ4n) is 0.500. The van der Waals surface area contributed by atoms with Gasteiger partial charge in [0.25, 0.3) is 0 Å². The van der Waals surface area contributed by atoms with Crippen LogP contribution in [0.1, 0.15) is 26.7 Å². The van der Waals surface area contributed by atoms with Crippen molar-refractivity contribution in [3.8, 4) is 0 Å². The van der Waals surface area contributed by atoms with E-state index in [2.05, 4.69) is 0 Å². The molecule has 0 aliphatic rings. The molecule has 0 heterocycles. The first-order chi connectivity index (χ1) is 8.39. The van der Waals surface area contributed by atoms with Gasteiger partial charge in [-0.3, -0.25) is 4.79 Å². The van der Waals surface area contributed by atoms with Crippen molar-refractivity contribution >= 4 is 26.6 Å². The summed E-state index contributed by atoms with van der Waals surface area (Å²) in [7, 11) is -4.47. The molecule has 0 radical (unpaired) electrons. The molecule has 0 aromatic carbocycles. The van der Waals surface area contributed by atoms with E-state index in [0.717, 1.165) is 6.41 Å². The summed E-state index contributed by atoms with van der Waals surface area (Å²) in [4.78, 5) is 10.9. The molecule has 0 fully saturated rings. The topological polar surface area (TPSA) is 135 Å². The van der Waals surface area contributed by atoms with E-state index in [9.17, 15) is 30.7 Å². The standard InChI is InChI=1S/C3H7NO.2C3H8O3S.2Na/c1-4(2)3-5;2*1-2-3-7(4,5)6;;/h3H,1-2H3;2*2-3H2,1H3,(H,4,5,6);;/q;;;2*+1/p-2. The van der Waals surface area contributed by atoms with Crippen LogP contribution < -0.4 is 59.1 Å². The van der Waals surface area contributed by atoms with Crippen molar-refractivity contribution in [1.82, 2.24) is 4.90 Å². The smallest absolute Gasteiger partial charge is 0.748 e. The van der Waals surface area contributed by atoms with Gasteiger partial charge in [0.1, 0.15) is 0 Å². The Labute approximate surface area is 172 Å². The third-order valence-corrected chi connectivity index (χ3v) is 2.94. The van der Waals surface area contributed by atoms with Crippen LogP contribution in [0.25, 0.3) is 0 Å². The van der Waals surface area contributed by atoms with Gasteiger partial charge in [-0.1, -0.05) is 13.8 Å². The van der Waals surface area contributed by atoms with Crippen molar-refractivity contribution in [2.24, 2.45) is 0 Å². The van der Waals surface area contributed by atoms with Crippen molar-refractivity contribution < 1.29 is 89.9 Å². The maximum absolute atomic E-state index is 9.68. The summed E-state index contributed by atoms with van der Waals surface area (Å²) in [6.45, 7) is 3.30. The number of carbonyl (C=O) groups excluding carboxylic acids is 1. The van der Waals surface area contributed by atoms with Gasteiger partial charge in [-0.15, -0.1) is 0 Å². The molecule has 0 saturated carbocycles. The molecule has 0 aromatic rings. The maximum Gasteiger partial charge on any atom is 1.00 e. The van der Waals surface area contributed by atoms with E-state index in [1.807, 2.05) is 0 Å². The third-order valence-electron chi connectivity index (χ3n) is 1.12. The fraction of sp³-hybridized carbons (Fsp3) is 0.889. The predicted molar refractivity (Wildman–Crippen MR) is 69.5 cm³/mol. The fourth-order valence-corrected chi connectivity index (χ4v) is 1.50. The van der Waals surface area contributed by atoms with Crippen molar-refractivity contribution in [2.45, 2.75) is 26.7 Å². The van der Waals surface area contributed by atoms with Crippen LogP contribution in [0.4, 0.5) is 0 Å². The average molecular weight is 365 g/mol. The minimum Gasteiger partial charge on any atom is -0.748 e. The molecule has 0 atom stereocenters. The van der Waals surface area contributed by atoms with E-state index in [4.69, 9.17) is 0 Å². The van der Waals surface area contributed by atoms with Gasteiger partial charge in [-0.25, -0.2) is 16.8 Å². The minimum atomic E-state index is -3.92. The molecule has 0 bridgehead atoms. The largest absolute Gasteiger partial charge is 1.00 e. The summed E-state index contributed by atoms with van der Waals surface area (Å²) >= 11 is 0. The van der Waals surface area contributed by atoms with Crippen molar-refractivity contribution in [1.29, 1.82) is 0 Å². The van der Waals surface area contributed by atoms with E-state index in [0.29, 0.717) is 12.8 Å². The van der Waals surface area contributed by atoms with Gasteiger partial charge in [0.05, 0.1) is 20.2 Å². The summed E-state index contributed by atoms with van der Waals surface area (Å²) in [5.41, 5.74) is 0. The van der Waals surface area contributed by atoms with Crippen LogP contribution >= 0.6 is 0 Å². The van der Waals surface area contributed by atoms with E-state index in [1.165, 1.54) is 4.90 Å².